The Morgan fingerprint density at radius 2 is 0.745 bits per heavy atom. The van der Waals surface area contributed by atoms with Crippen molar-refractivity contribution in [1.82, 2.24) is 19.9 Å². The van der Waals surface area contributed by atoms with E-state index >= 15 is 0 Å². The van der Waals surface area contributed by atoms with Crippen LogP contribution in [0.5, 0.6) is 0 Å². The second kappa shape index (κ2) is 13.6. The maximum Gasteiger partial charge on any atom is 0.370 e. The lowest BCUT2D eigenvalue weighted by Crippen LogP contribution is -2.36. The van der Waals surface area contributed by atoms with E-state index in [-0.39, 0.29) is 6.54 Å². The Morgan fingerprint density at radius 3 is 1.02 bits per heavy atom. The third-order valence-electron chi connectivity index (χ3n) is 10.1. The number of aromatic amines is 2. The van der Waals surface area contributed by atoms with E-state index in [1.165, 1.54) is 0 Å². The van der Waals surface area contributed by atoms with Gasteiger partial charge in [-0.2, -0.15) is 4.57 Å². The van der Waals surface area contributed by atoms with Crippen LogP contribution < -0.4 is 18.3 Å². The summed E-state index contributed by atoms with van der Waals surface area (Å²) in [6.45, 7) is -0.129. The first-order valence-electron chi connectivity index (χ1n) is 18.0. The third kappa shape index (κ3) is 6.40. The molecular weight excluding hydrogens is 685 g/mol. The first kappa shape index (κ1) is 33.5. The molecule has 7 aromatic rings. The molecule has 0 saturated heterocycles. The molecular formula is C45H38N8O2+4. The minimum absolute atomic E-state index is 0.129. The summed E-state index contributed by atoms with van der Waals surface area (Å²) in [6.07, 6.45) is 24.2. The standard InChI is InChI=1S/C45H35N8O2/c1-50-20-12-29(13-21-50)42-33-4-6-35(46-33)43(30-14-22-51(2)23-15-30)37-8-10-39(48-37)45(32-18-26-53(27-19-32)28-41(54)55)40-11-9-38(49-40)44(36-7-5-34(42)47-36)31-16-24-52(3)25-17-31/h4-27H,28H2,1-3H3/q+1/p+3. The SMILES string of the molecule is C[n+]1ccc(-c2c3nc(c(-c4cc[n+](C)cc4)c4ccc([nH]4)c(-c4cc[n+](CC(=O)O)cc4)c4nc(c(-c5cc[n+](C)cc5)c5ccc2[nH]5)C=C4)C=C3)cc1. The number of rotatable bonds is 6. The van der Waals surface area contributed by atoms with Crippen LogP contribution in [0.15, 0.2) is 122 Å². The molecule has 0 aliphatic carbocycles. The maximum atomic E-state index is 11.5. The number of aryl methyl sites for hydroxylation is 3. The van der Waals surface area contributed by atoms with Crippen LogP contribution in [0, 0.1) is 0 Å². The van der Waals surface area contributed by atoms with Gasteiger partial charge in [0.1, 0.15) is 21.1 Å². The molecule has 0 saturated carbocycles. The van der Waals surface area contributed by atoms with E-state index in [0.29, 0.717) is 0 Å². The van der Waals surface area contributed by atoms with Gasteiger partial charge in [0.25, 0.3) is 0 Å². The fourth-order valence-corrected chi connectivity index (χ4v) is 7.31. The number of carbonyl (C=O) groups is 1. The molecule has 55 heavy (non-hydrogen) atoms. The second-order valence-electron chi connectivity index (χ2n) is 13.9. The van der Waals surface area contributed by atoms with Gasteiger partial charge in [-0.1, -0.05) is 0 Å². The van der Waals surface area contributed by atoms with E-state index in [1.807, 2.05) is 71.8 Å². The highest BCUT2D eigenvalue weighted by atomic mass is 16.4. The Labute approximate surface area is 317 Å². The molecule has 7 aromatic heterocycles. The van der Waals surface area contributed by atoms with E-state index in [4.69, 9.17) is 9.97 Å². The van der Waals surface area contributed by atoms with Gasteiger partial charge in [0.05, 0.1) is 22.8 Å². The molecule has 0 amide bonds. The van der Waals surface area contributed by atoms with Crippen molar-refractivity contribution in [3.63, 3.8) is 0 Å². The van der Waals surface area contributed by atoms with Crippen molar-refractivity contribution in [1.29, 1.82) is 0 Å². The molecule has 0 fully saturated rings. The average Bonchev–Trinajstić information content (AvgIpc) is 4.02. The number of H-pyrrole nitrogens is 2. The molecule has 8 bridgehead atoms. The maximum absolute atomic E-state index is 11.5. The van der Waals surface area contributed by atoms with Crippen LogP contribution >= 0.6 is 0 Å². The van der Waals surface area contributed by atoms with Gasteiger partial charge in [0.15, 0.2) is 49.6 Å². The van der Waals surface area contributed by atoms with Gasteiger partial charge in [-0.25, -0.2) is 28.5 Å². The summed E-state index contributed by atoms with van der Waals surface area (Å²) in [5.41, 5.74) is 14.7. The molecule has 266 valence electrons. The zero-order chi connectivity index (χ0) is 37.6. The summed E-state index contributed by atoms with van der Waals surface area (Å²) in [6, 6.07) is 25.0. The van der Waals surface area contributed by atoms with Crippen molar-refractivity contribution in [2.75, 3.05) is 0 Å². The first-order chi connectivity index (χ1) is 26.8. The lowest BCUT2D eigenvalue weighted by molar-refractivity contribution is -0.685. The van der Waals surface area contributed by atoms with Crippen LogP contribution in [-0.2, 0) is 32.5 Å². The molecule has 2 aliphatic rings. The summed E-state index contributed by atoms with van der Waals surface area (Å²) in [5.74, 6) is -0.902. The van der Waals surface area contributed by atoms with Gasteiger partial charge < -0.3 is 15.1 Å². The number of hydrogen-bond donors (Lipinski definition) is 3. The van der Waals surface area contributed by atoms with Gasteiger partial charge in [0.2, 0.25) is 6.54 Å². The molecule has 0 atom stereocenters. The molecule has 0 spiro atoms. The molecule has 0 radical (unpaired) electrons. The highest BCUT2D eigenvalue weighted by Gasteiger charge is 2.20. The van der Waals surface area contributed by atoms with Gasteiger partial charge in [-0.3, -0.25) is 0 Å². The number of aromatic nitrogens is 8. The molecule has 9 rings (SSSR count). The van der Waals surface area contributed by atoms with E-state index in [0.717, 1.165) is 89.4 Å². The predicted molar refractivity (Wildman–Crippen MR) is 212 cm³/mol. The normalized spacial score (nSPS) is 12.0. The Bertz CT molecular complexity index is 2820. The van der Waals surface area contributed by atoms with Gasteiger partial charge in [-0.05, 0) is 70.8 Å². The Balaban J connectivity index is 1.44. The monoisotopic (exact) mass is 722 g/mol. The Morgan fingerprint density at radius 1 is 0.473 bits per heavy atom. The largest absolute Gasteiger partial charge is 0.477 e. The molecule has 0 unspecified atom stereocenters. The van der Waals surface area contributed by atoms with Crippen LogP contribution in [0.1, 0.15) is 22.8 Å². The fourth-order valence-electron chi connectivity index (χ4n) is 7.31. The number of nitrogens with one attached hydrogen (secondary N) is 2. The molecule has 10 heteroatoms. The van der Waals surface area contributed by atoms with E-state index < -0.39 is 5.97 Å². The second-order valence-corrected chi connectivity index (χ2v) is 13.9. The lowest BCUT2D eigenvalue weighted by Gasteiger charge is -2.06. The molecule has 9 heterocycles. The van der Waals surface area contributed by atoms with Gasteiger partial charge in [-0.15, -0.1) is 0 Å². The number of pyridine rings is 4. The topological polar surface area (TPSA) is 110 Å². The van der Waals surface area contributed by atoms with Crippen molar-refractivity contribution in [2.24, 2.45) is 21.1 Å². The zero-order valence-corrected chi connectivity index (χ0v) is 30.6. The van der Waals surface area contributed by atoms with Gasteiger partial charge >= 0.3 is 5.97 Å². The van der Waals surface area contributed by atoms with Crippen molar-refractivity contribution in [3.8, 4) is 44.5 Å². The van der Waals surface area contributed by atoms with Crippen molar-refractivity contribution < 1.29 is 28.2 Å². The smallest absolute Gasteiger partial charge is 0.370 e. The number of carboxylic acids is 1. The quantitative estimate of drug-likeness (QED) is 0.179. The summed E-state index contributed by atoms with van der Waals surface area (Å²) in [7, 11) is 6.03. The van der Waals surface area contributed by atoms with Crippen LogP contribution in [-0.4, -0.2) is 31.0 Å². The molecule has 10 nitrogen and oxygen atoms in total. The molecule has 2 aliphatic heterocycles. The predicted octanol–water partition coefficient (Wildman–Crippen LogP) is 6.17. The van der Waals surface area contributed by atoms with Crippen LogP contribution in [0.25, 0.3) is 90.9 Å². The van der Waals surface area contributed by atoms with E-state index in [2.05, 4.69) is 107 Å². The van der Waals surface area contributed by atoms with Crippen LogP contribution in [0.3, 0.4) is 0 Å². The van der Waals surface area contributed by atoms with Crippen LogP contribution in [0.4, 0.5) is 0 Å². The third-order valence-corrected chi connectivity index (χ3v) is 10.1. The molecule has 3 N–H and O–H groups in total. The highest BCUT2D eigenvalue weighted by molar-refractivity contribution is 5.99. The minimum Gasteiger partial charge on any atom is -0.477 e. The zero-order valence-electron chi connectivity index (χ0n) is 30.6. The summed E-state index contributed by atoms with van der Waals surface area (Å²) in [4.78, 5) is 29.8. The fraction of sp³-hybridized carbons (Fsp3) is 0.0889. The lowest BCUT2D eigenvalue weighted by atomic mass is 10.0. The average molecular weight is 723 g/mol. The van der Waals surface area contributed by atoms with Crippen LogP contribution in [0.2, 0.25) is 0 Å². The van der Waals surface area contributed by atoms with E-state index in [1.54, 1.807) is 17.0 Å². The number of aliphatic carboxylic acids is 1. The minimum atomic E-state index is -0.902. The van der Waals surface area contributed by atoms with Gasteiger partial charge in [0, 0.05) is 92.9 Å². The number of hydrogen-bond acceptors (Lipinski definition) is 3. The van der Waals surface area contributed by atoms with E-state index in [9.17, 15) is 9.90 Å². The summed E-state index contributed by atoms with van der Waals surface area (Å²) in [5, 5.41) is 9.43. The highest BCUT2D eigenvalue weighted by Crippen LogP contribution is 2.37. The number of fused-ring (bicyclic) bond motifs is 8. The first-order valence-corrected chi connectivity index (χ1v) is 18.0. The Hall–Kier alpha value is -7.33. The number of nitrogens with zero attached hydrogens (tertiary/aromatic N) is 6. The summed E-state index contributed by atoms with van der Waals surface area (Å²) < 4.78 is 7.72. The van der Waals surface area contributed by atoms with Crippen molar-refractivity contribution >= 4 is 52.3 Å². The Kier molecular flexibility index (Phi) is 8.27. The summed E-state index contributed by atoms with van der Waals surface area (Å²) >= 11 is 0. The van der Waals surface area contributed by atoms with Crippen molar-refractivity contribution in [2.45, 2.75) is 6.54 Å². The molecule has 0 aromatic carbocycles. The van der Waals surface area contributed by atoms with Crippen molar-refractivity contribution in [3.05, 3.63) is 145 Å². The number of carboxylic acid groups (broad SMARTS) is 1.